The first-order valence-corrected chi connectivity index (χ1v) is 8.38. The average molecular weight is 347 g/mol. The predicted octanol–water partition coefficient (Wildman–Crippen LogP) is -0.742. The molecule has 0 spiro atoms. The first-order chi connectivity index (χ1) is 8.35. The topological polar surface area (TPSA) is 54.7 Å². The normalized spacial score (nSPS) is 16.9. The van der Waals surface area contributed by atoms with E-state index in [2.05, 4.69) is 17.1 Å². The quantitative estimate of drug-likeness (QED) is 0.251. The molecule has 1 aromatic rings. The standard InChI is InChI=1S/C12H16IN2O2/c1-2-13-11(15-16)10-7-4-8-14-12(10)17-9-5-3-6-9/h4,7-9,16H,2-3,5-6H2,1H3/q-1/b15-11-. The van der Waals surface area contributed by atoms with Crippen LogP contribution in [0, 0.1) is 0 Å². The molecule has 94 valence electrons. The van der Waals surface area contributed by atoms with E-state index in [0.29, 0.717) is 12.0 Å². The van der Waals surface area contributed by atoms with E-state index in [1.54, 1.807) is 6.20 Å². The first kappa shape index (κ1) is 12.6. The van der Waals surface area contributed by atoms with Crippen LogP contribution < -0.4 is 25.9 Å². The molecular weight excluding hydrogens is 331 g/mol. The van der Waals surface area contributed by atoms with Crippen LogP contribution in [0.4, 0.5) is 0 Å². The van der Waals surface area contributed by atoms with Crippen molar-refractivity contribution in [2.75, 3.05) is 4.43 Å². The molecule has 1 N–H and O–H groups in total. The molecule has 1 heterocycles. The second kappa shape index (κ2) is 6.18. The molecule has 0 aromatic carbocycles. The van der Waals surface area contributed by atoms with Gasteiger partial charge in [0.25, 0.3) is 0 Å². The van der Waals surface area contributed by atoms with E-state index in [-0.39, 0.29) is 21.2 Å². The Balaban J connectivity index is 2.19. The van der Waals surface area contributed by atoms with Gasteiger partial charge in [-0.1, -0.05) is 0 Å². The Hall–Kier alpha value is -0.850. The third-order valence-corrected chi connectivity index (χ3v) is 4.95. The molecule has 1 aliphatic rings. The summed E-state index contributed by atoms with van der Waals surface area (Å²) in [5.41, 5.74) is 0.858. The van der Waals surface area contributed by atoms with Gasteiger partial charge < -0.3 is 0 Å². The van der Waals surface area contributed by atoms with Crippen LogP contribution in [0.5, 0.6) is 5.88 Å². The zero-order valence-corrected chi connectivity index (χ0v) is 11.9. The number of oxime groups is 1. The van der Waals surface area contributed by atoms with Gasteiger partial charge in [0.2, 0.25) is 0 Å². The molecule has 0 amide bonds. The van der Waals surface area contributed by atoms with Crippen molar-refractivity contribution in [3.63, 3.8) is 0 Å². The average Bonchev–Trinajstić information content (AvgIpc) is 2.31. The monoisotopic (exact) mass is 347 g/mol. The second-order valence-corrected chi connectivity index (χ2v) is 7.13. The number of alkyl halides is 1. The molecule has 4 nitrogen and oxygen atoms in total. The van der Waals surface area contributed by atoms with Crippen LogP contribution in [0.15, 0.2) is 23.5 Å². The van der Waals surface area contributed by atoms with Gasteiger partial charge in [-0.05, 0) is 0 Å². The Labute approximate surface area is 111 Å². The molecule has 17 heavy (non-hydrogen) atoms. The summed E-state index contributed by atoms with van der Waals surface area (Å²) in [7, 11) is 0. The first-order valence-electron chi connectivity index (χ1n) is 5.78. The second-order valence-electron chi connectivity index (χ2n) is 3.82. The molecule has 0 bridgehead atoms. The molecule has 2 rings (SSSR count). The van der Waals surface area contributed by atoms with Crippen molar-refractivity contribution in [2.45, 2.75) is 32.3 Å². The van der Waals surface area contributed by atoms with Crippen molar-refractivity contribution in [3.05, 3.63) is 23.9 Å². The van der Waals surface area contributed by atoms with Crippen LogP contribution in [0.2, 0.25) is 0 Å². The summed E-state index contributed by atoms with van der Waals surface area (Å²) < 4.78 is 7.62. The minimum absolute atomic E-state index is 0.266. The zero-order chi connectivity index (χ0) is 12.1. The number of hydrogen-bond donors (Lipinski definition) is 1. The molecule has 0 aliphatic heterocycles. The van der Waals surface area contributed by atoms with Gasteiger partial charge in [0.05, 0.1) is 0 Å². The molecule has 0 unspecified atom stereocenters. The Morgan fingerprint density at radius 3 is 3.06 bits per heavy atom. The van der Waals surface area contributed by atoms with Gasteiger partial charge in [-0.15, -0.1) is 0 Å². The summed E-state index contributed by atoms with van der Waals surface area (Å²) in [6.45, 7) is 2.10. The predicted molar refractivity (Wildman–Crippen MR) is 61.4 cm³/mol. The fraction of sp³-hybridized carbons (Fsp3) is 0.500. The number of rotatable bonds is 5. The van der Waals surface area contributed by atoms with Gasteiger partial charge in [-0.3, -0.25) is 0 Å². The fourth-order valence-corrected chi connectivity index (χ4v) is 3.26. The van der Waals surface area contributed by atoms with E-state index in [1.807, 2.05) is 12.1 Å². The number of ether oxygens (including phenoxy) is 1. The number of hydrogen-bond acceptors (Lipinski definition) is 4. The molecule has 0 saturated heterocycles. The van der Waals surface area contributed by atoms with Gasteiger partial charge in [-0.2, -0.15) is 0 Å². The number of nitrogens with zero attached hydrogens (tertiary/aromatic N) is 2. The molecule has 1 fully saturated rings. The summed E-state index contributed by atoms with van der Waals surface area (Å²) in [5.74, 6) is 0.623. The zero-order valence-electron chi connectivity index (χ0n) is 9.77. The number of halogens is 1. The van der Waals surface area contributed by atoms with Gasteiger partial charge in [0.15, 0.2) is 0 Å². The summed E-state index contributed by atoms with van der Waals surface area (Å²) >= 11 is -0.266. The van der Waals surface area contributed by atoms with Crippen LogP contribution in [0.1, 0.15) is 31.7 Å². The minimum atomic E-state index is -0.266. The third-order valence-electron chi connectivity index (χ3n) is 2.67. The van der Waals surface area contributed by atoms with Gasteiger partial charge in [-0.25, -0.2) is 0 Å². The maximum absolute atomic E-state index is 9.07. The molecule has 0 radical (unpaired) electrons. The van der Waals surface area contributed by atoms with Crippen molar-refractivity contribution >= 4 is 3.72 Å². The molecule has 1 aromatic heterocycles. The molecular formula is C12H16IN2O2-. The van der Waals surface area contributed by atoms with Crippen LogP contribution in [-0.4, -0.2) is 24.4 Å². The van der Waals surface area contributed by atoms with Gasteiger partial charge in [0.1, 0.15) is 0 Å². The van der Waals surface area contributed by atoms with Crippen molar-refractivity contribution in [3.8, 4) is 5.88 Å². The van der Waals surface area contributed by atoms with Crippen LogP contribution >= 0.6 is 0 Å². The Morgan fingerprint density at radius 1 is 1.65 bits per heavy atom. The molecule has 5 heteroatoms. The summed E-state index contributed by atoms with van der Waals surface area (Å²) in [6, 6.07) is 3.78. The van der Waals surface area contributed by atoms with Crippen LogP contribution in [-0.2, 0) is 0 Å². The summed E-state index contributed by atoms with van der Waals surface area (Å²) in [6.07, 6.45) is 5.45. The van der Waals surface area contributed by atoms with E-state index in [0.717, 1.165) is 26.6 Å². The number of pyridine rings is 1. The van der Waals surface area contributed by atoms with E-state index in [4.69, 9.17) is 9.94 Å². The fourth-order valence-electron chi connectivity index (χ4n) is 1.57. The van der Waals surface area contributed by atoms with Crippen LogP contribution in [0.25, 0.3) is 0 Å². The van der Waals surface area contributed by atoms with Crippen LogP contribution in [0.3, 0.4) is 0 Å². The van der Waals surface area contributed by atoms with E-state index in [1.165, 1.54) is 6.42 Å². The molecule has 0 atom stereocenters. The maximum atomic E-state index is 9.07. The van der Waals surface area contributed by atoms with E-state index >= 15 is 0 Å². The van der Waals surface area contributed by atoms with Crippen molar-refractivity contribution < 1.29 is 31.1 Å². The van der Waals surface area contributed by atoms with E-state index in [9.17, 15) is 0 Å². The number of aromatic nitrogens is 1. The van der Waals surface area contributed by atoms with Crippen molar-refractivity contribution in [2.24, 2.45) is 5.16 Å². The third kappa shape index (κ3) is 3.08. The Kier molecular flexibility index (Phi) is 4.58. The summed E-state index contributed by atoms with van der Waals surface area (Å²) in [5, 5.41) is 12.5. The van der Waals surface area contributed by atoms with Crippen molar-refractivity contribution in [1.29, 1.82) is 0 Å². The molecule has 1 aliphatic carbocycles. The molecule has 1 saturated carbocycles. The van der Waals surface area contributed by atoms with E-state index < -0.39 is 0 Å². The van der Waals surface area contributed by atoms with Crippen molar-refractivity contribution in [1.82, 2.24) is 4.98 Å². The van der Waals surface area contributed by atoms with Gasteiger partial charge >= 0.3 is 111 Å². The van der Waals surface area contributed by atoms with Gasteiger partial charge in [0, 0.05) is 0 Å². The summed E-state index contributed by atoms with van der Waals surface area (Å²) in [4.78, 5) is 4.26. The Morgan fingerprint density at radius 2 is 2.47 bits per heavy atom. The Bertz CT molecular complexity index is 405. The SMILES string of the molecule is CC[I-]/C(=N\O)c1cccnc1OC1CCC1.